The van der Waals surface area contributed by atoms with Gasteiger partial charge in [-0.3, -0.25) is 8.98 Å². The monoisotopic (exact) mass is 268 g/mol. The third-order valence-electron chi connectivity index (χ3n) is 2.43. The van der Waals surface area contributed by atoms with Gasteiger partial charge in [0.15, 0.2) is 5.78 Å². The van der Waals surface area contributed by atoms with E-state index in [9.17, 15) is 13.2 Å². The van der Waals surface area contributed by atoms with Crippen molar-refractivity contribution < 1.29 is 21.8 Å². The van der Waals surface area contributed by atoms with Crippen molar-refractivity contribution in [3.63, 3.8) is 0 Å². The molecule has 0 aliphatic rings. The second-order valence-electron chi connectivity index (χ2n) is 3.95. The molecule has 18 heavy (non-hydrogen) atoms. The van der Waals surface area contributed by atoms with Gasteiger partial charge in [0.25, 0.3) is 10.1 Å². The van der Waals surface area contributed by atoms with Crippen LogP contribution in [0.25, 0.3) is 11.0 Å². The number of fused-ring (bicyclic) bond motifs is 1. The van der Waals surface area contributed by atoms with Gasteiger partial charge in [-0.2, -0.15) is 8.42 Å². The van der Waals surface area contributed by atoms with Crippen molar-refractivity contribution in [1.29, 1.82) is 0 Å². The summed E-state index contributed by atoms with van der Waals surface area (Å²) in [6.45, 7) is 1.39. The predicted molar refractivity (Wildman–Crippen MR) is 65.9 cm³/mol. The topological polar surface area (TPSA) is 73.6 Å². The van der Waals surface area contributed by atoms with Crippen molar-refractivity contribution in [2.75, 3.05) is 6.26 Å². The highest BCUT2D eigenvalue weighted by Gasteiger charge is 2.23. The van der Waals surface area contributed by atoms with Crippen molar-refractivity contribution in [3.8, 4) is 0 Å². The standard InChI is InChI=1S/C12H12O5S/c1-8(17-18(2,14)15)12(13)10-7-16-11-6-4-3-5-9(10)11/h3-8H,1-2H3/t8-/m0/s1. The smallest absolute Gasteiger partial charge is 0.265 e. The Morgan fingerprint density at radius 1 is 1.33 bits per heavy atom. The number of benzene rings is 1. The molecule has 2 rings (SSSR count). The first kappa shape index (κ1) is 12.8. The van der Waals surface area contributed by atoms with E-state index in [1.54, 1.807) is 24.3 Å². The molecule has 6 heteroatoms. The maximum Gasteiger partial charge on any atom is 0.265 e. The van der Waals surface area contributed by atoms with Gasteiger partial charge in [-0.1, -0.05) is 18.2 Å². The zero-order chi connectivity index (χ0) is 13.3. The van der Waals surface area contributed by atoms with Gasteiger partial charge < -0.3 is 4.42 Å². The Morgan fingerprint density at radius 3 is 2.67 bits per heavy atom. The lowest BCUT2D eigenvalue weighted by molar-refractivity contribution is 0.0828. The SMILES string of the molecule is C[C@H](OS(C)(=O)=O)C(=O)c1coc2ccccc12. The molecule has 0 unspecified atom stereocenters. The first-order valence-corrected chi connectivity index (χ1v) is 7.09. The van der Waals surface area contributed by atoms with Crippen LogP contribution in [0.3, 0.4) is 0 Å². The van der Waals surface area contributed by atoms with Crippen molar-refractivity contribution in [2.24, 2.45) is 0 Å². The number of Topliss-reactive ketones (excluding diaryl/α,β-unsaturated/α-hetero) is 1. The van der Waals surface area contributed by atoms with Crippen LogP contribution in [-0.4, -0.2) is 26.6 Å². The minimum Gasteiger partial charge on any atom is -0.464 e. The molecular weight excluding hydrogens is 256 g/mol. The van der Waals surface area contributed by atoms with Crippen molar-refractivity contribution >= 4 is 26.9 Å². The van der Waals surface area contributed by atoms with Crippen LogP contribution in [0.1, 0.15) is 17.3 Å². The summed E-state index contributed by atoms with van der Waals surface area (Å²) in [6, 6.07) is 7.03. The molecule has 2 aromatic rings. The van der Waals surface area contributed by atoms with E-state index in [0.29, 0.717) is 16.5 Å². The molecule has 0 aliphatic carbocycles. The summed E-state index contributed by atoms with van der Waals surface area (Å²) >= 11 is 0. The summed E-state index contributed by atoms with van der Waals surface area (Å²) in [5, 5.41) is 0.645. The number of rotatable bonds is 4. The maximum absolute atomic E-state index is 12.0. The van der Waals surface area contributed by atoms with Crippen molar-refractivity contribution in [2.45, 2.75) is 13.0 Å². The average Bonchev–Trinajstić information content (AvgIpc) is 2.69. The first-order valence-electron chi connectivity index (χ1n) is 5.27. The highest BCUT2D eigenvalue weighted by Crippen LogP contribution is 2.22. The molecule has 0 aliphatic heterocycles. The van der Waals surface area contributed by atoms with Crippen LogP contribution in [0.5, 0.6) is 0 Å². The quantitative estimate of drug-likeness (QED) is 0.626. The molecule has 0 saturated heterocycles. The molecule has 0 N–H and O–H groups in total. The highest BCUT2D eigenvalue weighted by molar-refractivity contribution is 7.86. The molecule has 1 heterocycles. The molecule has 1 atom stereocenters. The van der Waals surface area contributed by atoms with Crippen molar-refractivity contribution in [1.82, 2.24) is 0 Å². The third-order valence-corrected chi connectivity index (χ3v) is 3.07. The first-order chi connectivity index (χ1) is 8.38. The van der Waals surface area contributed by atoms with Gasteiger partial charge in [-0.15, -0.1) is 0 Å². The number of hydrogen-bond acceptors (Lipinski definition) is 5. The third kappa shape index (κ3) is 2.60. The van der Waals surface area contributed by atoms with E-state index in [0.717, 1.165) is 6.26 Å². The second kappa shape index (κ2) is 4.55. The van der Waals surface area contributed by atoms with Gasteiger partial charge in [0.05, 0.1) is 11.8 Å². The molecule has 0 radical (unpaired) electrons. The summed E-state index contributed by atoms with van der Waals surface area (Å²) in [4.78, 5) is 12.0. The van der Waals surface area contributed by atoms with Crippen LogP contribution >= 0.6 is 0 Å². The van der Waals surface area contributed by atoms with E-state index in [2.05, 4.69) is 4.18 Å². The Kier molecular flexibility index (Phi) is 3.23. The normalized spacial score (nSPS) is 13.7. The fourth-order valence-corrected chi connectivity index (χ4v) is 2.31. The van der Waals surface area contributed by atoms with Gasteiger partial charge in [-0.05, 0) is 13.0 Å². The van der Waals surface area contributed by atoms with Crippen molar-refractivity contribution in [3.05, 3.63) is 36.1 Å². The zero-order valence-corrected chi connectivity index (χ0v) is 10.7. The number of hydrogen-bond donors (Lipinski definition) is 0. The van der Waals surface area contributed by atoms with E-state index < -0.39 is 22.0 Å². The minimum atomic E-state index is -3.66. The largest absolute Gasteiger partial charge is 0.464 e. The van der Waals surface area contributed by atoms with Crippen LogP contribution < -0.4 is 0 Å². The van der Waals surface area contributed by atoms with E-state index in [-0.39, 0.29) is 0 Å². The van der Waals surface area contributed by atoms with Crippen LogP contribution in [0.15, 0.2) is 34.9 Å². The van der Waals surface area contributed by atoms with Gasteiger partial charge in [0.1, 0.15) is 18.0 Å². The number of furan rings is 1. The Labute approximate surface area is 104 Å². The number of carbonyl (C=O) groups excluding carboxylic acids is 1. The Hall–Kier alpha value is -1.66. The van der Waals surface area contributed by atoms with Crippen LogP contribution in [0.4, 0.5) is 0 Å². The highest BCUT2D eigenvalue weighted by atomic mass is 32.2. The minimum absolute atomic E-state index is 0.321. The van der Waals surface area contributed by atoms with Crippen LogP contribution in [0, 0.1) is 0 Å². The molecule has 0 fully saturated rings. The summed E-state index contributed by atoms with van der Waals surface area (Å²) in [5.74, 6) is -0.426. The van der Waals surface area contributed by atoms with Gasteiger partial charge >= 0.3 is 0 Å². The van der Waals surface area contributed by atoms with E-state index >= 15 is 0 Å². The molecule has 0 bridgehead atoms. The molecule has 0 spiro atoms. The fraction of sp³-hybridized carbons (Fsp3) is 0.250. The maximum atomic E-state index is 12.0. The lowest BCUT2D eigenvalue weighted by Crippen LogP contribution is -2.23. The Bertz CT molecular complexity index is 683. The molecule has 1 aromatic heterocycles. The fourth-order valence-electron chi connectivity index (χ4n) is 1.69. The summed E-state index contributed by atoms with van der Waals surface area (Å²) in [7, 11) is -3.66. The van der Waals surface area contributed by atoms with Crippen LogP contribution in [-0.2, 0) is 14.3 Å². The Morgan fingerprint density at radius 2 is 2.00 bits per heavy atom. The molecule has 0 amide bonds. The second-order valence-corrected chi connectivity index (χ2v) is 5.55. The summed E-state index contributed by atoms with van der Waals surface area (Å²) in [6.07, 6.45) is 1.15. The van der Waals surface area contributed by atoms with Gasteiger partial charge in [-0.25, -0.2) is 0 Å². The number of carbonyl (C=O) groups is 1. The van der Waals surface area contributed by atoms with Crippen LogP contribution in [0.2, 0.25) is 0 Å². The van der Waals surface area contributed by atoms with E-state index in [1.807, 2.05) is 0 Å². The van der Waals surface area contributed by atoms with Gasteiger partial charge in [0.2, 0.25) is 0 Å². The summed E-state index contributed by atoms with van der Waals surface area (Å²) in [5.41, 5.74) is 0.897. The lowest BCUT2D eigenvalue weighted by Gasteiger charge is -2.08. The summed E-state index contributed by atoms with van der Waals surface area (Å²) < 4.78 is 31.8. The zero-order valence-electron chi connectivity index (χ0n) is 9.91. The number of para-hydroxylation sites is 1. The molecule has 1 aromatic carbocycles. The molecule has 0 saturated carbocycles. The Balaban J connectivity index is 2.34. The average molecular weight is 268 g/mol. The molecule has 5 nitrogen and oxygen atoms in total. The molecular formula is C12H12O5S. The lowest BCUT2D eigenvalue weighted by atomic mass is 10.1. The van der Waals surface area contributed by atoms with E-state index in [1.165, 1.54) is 13.2 Å². The van der Waals surface area contributed by atoms with Gasteiger partial charge in [0, 0.05) is 5.39 Å². The molecule has 96 valence electrons. The predicted octanol–water partition coefficient (Wildman–Crippen LogP) is 1.98. The van der Waals surface area contributed by atoms with E-state index in [4.69, 9.17) is 4.42 Å². The number of ketones is 1.